The number of benzene rings is 1. The fraction of sp³-hybridized carbons (Fsp3) is 0.250. The number of rotatable bonds is 4. The van der Waals surface area contributed by atoms with Crippen LogP contribution in [-0.2, 0) is 13.1 Å². The Morgan fingerprint density at radius 3 is 2.76 bits per heavy atom. The minimum Gasteiger partial charge on any atom is -0.493 e. The molecule has 3 rings (SSSR count). The molecule has 0 N–H and O–H groups in total. The molecule has 0 saturated heterocycles. The predicted octanol–water partition coefficient (Wildman–Crippen LogP) is 2.25. The molecule has 5 heteroatoms. The number of nitrogens with zero attached hydrogens (tertiary/aromatic N) is 2. The van der Waals surface area contributed by atoms with Gasteiger partial charge >= 0.3 is 0 Å². The first-order chi connectivity index (χ1) is 10.2. The average Bonchev–Trinajstić information content (AvgIpc) is 2.83. The van der Waals surface area contributed by atoms with Crippen LogP contribution in [0.25, 0.3) is 0 Å². The van der Waals surface area contributed by atoms with Crippen molar-refractivity contribution in [2.45, 2.75) is 13.1 Å². The summed E-state index contributed by atoms with van der Waals surface area (Å²) >= 11 is 0. The van der Waals surface area contributed by atoms with Crippen LogP contribution < -0.4 is 9.47 Å². The van der Waals surface area contributed by atoms with E-state index in [1.165, 1.54) is 0 Å². The Balaban J connectivity index is 1.88. The fourth-order valence-electron chi connectivity index (χ4n) is 2.59. The van der Waals surface area contributed by atoms with Crippen LogP contribution in [0, 0.1) is 0 Å². The zero-order valence-electron chi connectivity index (χ0n) is 12.0. The van der Waals surface area contributed by atoms with Gasteiger partial charge in [-0.1, -0.05) is 12.1 Å². The normalized spacial score (nSPS) is 13.2. The van der Waals surface area contributed by atoms with Crippen molar-refractivity contribution in [3.05, 3.63) is 53.3 Å². The van der Waals surface area contributed by atoms with Crippen LogP contribution in [0.1, 0.15) is 21.6 Å². The van der Waals surface area contributed by atoms with Crippen molar-refractivity contribution < 1.29 is 14.3 Å². The number of fused-ring (bicyclic) bond motifs is 1. The van der Waals surface area contributed by atoms with Gasteiger partial charge in [0.1, 0.15) is 0 Å². The number of para-hydroxylation sites is 1. The number of aromatic nitrogens is 1. The Morgan fingerprint density at radius 2 is 2.05 bits per heavy atom. The van der Waals surface area contributed by atoms with Gasteiger partial charge in [-0.2, -0.15) is 0 Å². The van der Waals surface area contributed by atoms with Crippen molar-refractivity contribution in [3.8, 4) is 11.5 Å². The third kappa shape index (κ3) is 2.31. The van der Waals surface area contributed by atoms with Gasteiger partial charge in [-0.3, -0.25) is 9.78 Å². The highest BCUT2D eigenvalue weighted by Crippen LogP contribution is 2.33. The second-order valence-corrected chi connectivity index (χ2v) is 4.81. The van der Waals surface area contributed by atoms with E-state index in [0.717, 1.165) is 11.3 Å². The number of ether oxygens (including phenoxy) is 2. The maximum atomic E-state index is 12.4. The summed E-state index contributed by atoms with van der Waals surface area (Å²) in [6.45, 7) is 0.991. The van der Waals surface area contributed by atoms with E-state index in [-0.39, 0.29) is 5.91 Å². The van der Waals surface area contributed by atoms with E-state index in [9.17, 15) is 4.79 Å². The van der Waals surface area contributed by atoms with Crippen molar-refractivity contribution in [3.63, 3.8) is 0 Å². The van der Waals surface area contributed by atoms with Crippen LogP contribution in [-0.4, -0.2) is 30.0 Å². The molecule has 0 bridgehead atoms. The van der Waals surface area contributed by atoms with Gasteiger partial charge in [0.2, 0.25) is 0 Å². The molecule has 0 aliphatic carbocycles. The summed E-state index contributed by atoms with van der Waals surface area (Å²) in [6, 6.07) is 9.26. The summed E-state index contributed by atoms with van der Waals surface area (Å²) in [5, 5.41) is 0. The molecule has 1 aliphatic rings. The van der Waals surface area contributed by atoms with Crippen molar-refractivity contribution in [1.29, 1.82) is 0 Å². The molecule has 2 aromatic rings. The lowest BCUT2D eigenvalue weighted by molar-refractivity contribution is 0.0765. The van der Waals surface area contributed by atoms with Crippen molar-refractivity contribution in [2.75, 3.05) is 14.2 Å². The van der Waals surface area contributed by atoms with Gasteiger partial charge in [-0.15, -0.1) is 0 Å². The summed E-state index contributed by atoms with van der Waals surface area (Å²) < 4.78 is 10.7. The van der Waals surface area contributed by atoms with Gasteiger partial charge in [0.25, 0.3) is 5.91 Å². The maximum absolute atomic E-state index is 12.4. The number of pyridine rings is 1. The third-order valence-electron chi connectivity index (χ3n) is 3.59. The lowest BCUT2D eigenvalue weighted by atomic mass is 10.1. The number of carbonyl (C=O) groups excluding carboxylic acids is 1. The summed E-state index contributed by atoms with van der Waals surface area (Å²) in [5.74, 6) is 1.33. The first kappa shape index (κ1) is 13.4. The fourth-order valence-corrected chi connectivity index (χ4v) is 2.59. The molecule has 1 amide bonds. The summed E-state index contributed by atoms with van der Waals surface area (Å²) in [5.41, 5.74) is 2.42. The first-order valence-electron chi connectivity index (χ1n) is 6.67. The summed E-state index contributed by atoms with van der Waals surface area (Å²) in [4.78, 5) is 18.4. The Bertz CT molecular complexity index is 685. The van der Waals surface area contributed by atoms with Crippen LogP contribution in [0.3, 0.4) is 0 Å². The smallest absolute Gasteiger partial charge is 0.256 e. The highest BCUT2D eigenvalue weighted by Gasteiger charge is 2.28. The van der Waals surface area contributed by atoms with Gasteiger partial charge in [-0.25, -0.2) is 0 Å². The molecule has 1 aliphatic heterocycles. The van der Waals surface area contributed by atoms with Gasteiger partial charge < -0.3 is 14.4 Å². The van der Waals surface area contributed by atoms with Gasteiger partial charge in [-0.05, 0) is 18.2 Å². The van der Waals surface area contributed by atoms with E-state index in [1.54, 1.807) is 31.4 Å². The molecular formula is C16H16N2O3. The summed E-state index contributed by atoms with van der Waals surface area (Å²) in [6.07, 6.45) is 1.71. The van der Waals surface area contributed by atoms with Gasteiger partial charge in [0.15, 0.2) is 11.5 Å². The minimum absolute atomic E-state index is 0.00275. The molecule has 5 nitrogen and oxygen atoms in total. The van der Waals surface area contributed by atoms with E-state index in [2.05, 4.69) is 4.98 Å². The number of methoxy groups -OCH3 is 2. The van der Waals surface area contributed by atoms with E-state index < -0.39 is 0 Å². The largest absolute Gasteiger partial charge is 0.493 e. The molecule has 1 aromatic carbocycles. The van der Waals surface area contributed by atoms with E-state index in [4.69, 9.17) is 9.47 Å². The molecular weight excluding hydrogens is 268 g/mol. The Morgan fingerprint density at radius 1 is 1.19 bits per heavy atom. The lowest BCUT2D eigenvalue weighted by Crippen LogP contribution is -2.23. The van der Waals surface area contributed by atoms with E-state index in [1.807, 2.05) is 24.3 Å². The molecule has 0 saturated carbocycles. The SMILES string of the molecule is COc1cccc(CN2Cc3ncccc3C2=O)c1OC. The van der Waals surface area contributed by atoms with Crippen molar-refractivity contribution >= 4 is 5.91 Å². The van der Waals surface area contributed by atoms with Crippen LogP contribution in [0.15, 0.2) is 36.5 Å². The molecule has 0 radical (unpaired) electrons. The molecule has 0 atom stereocenters. The van der Waals surface area contributed by atoms with Crippen LogP contribution in [0.2, 0.25) is 0 Å². The topological polar surface area (TPSA) is 51.7 Å². The zero-order chi connectivity index (χ0) is 14.8. The highest BCUT2D eigenvalue weighted by molar-refractivity contribution is 5.97. The molecule has 1 aromatic heterocycles. The minimum atomic E-state index is 0.00275. The van der Waals surface area contributed by atoms with Crippen LogP contribution >= 0.6 is 0 Å². The molecule has 21 heavy (non-hydrogen) atoms. The second kappa shape index (κ2) is 5.44. The Labute approximate surface area is 123 Å². The van der Waals surface area contributed by atoms with Crippen LogP contribution in [0.4, 0.5) is 0 Å². The number of carbonyl (C=O) groups is 1. The highest BCUT2D eigenvalue weighted by atomic mass is 16.5. The lowest BCUT2D eigenvalue weighted by Gasteiger charge is -2.18. The molecule has 108 valence electrons. The quantitative estimate of drug-likeness (QED) is 0.864. The molecule has 0 unspecified atom stereocenters. The van der Waals surface area contributed by atoms with Gasteiger partial charge in [0, 0.05) is 11.8 Å². The van der Waals surface area contributed by atoms with Crippen LogP contribution in [0.5, 0.6) is 11.5 Å². The van der Waals surface area contributed by atoms with Crippen molar-refractivity contribution in [2.24, 2.45) is 0 Å². The molecule has 2 heterocycles. The standard InChI is InChI=1S/C16H16N2O3/c1-20-14-7-3-5-11(15(14)21-2)9-18-10-13-12(16(18)19)6-4-8-17-13/h3-8H,9-10H2,1-2H3. The van der Waals surface area contributed by atoms with E-state index in [0.29, 0.717) is 30.2 Å². The average molecular weight is 284 g/mol. The maximum Gasteiger partial charge on any atom is 0.256 e. The predicted molar refractivity (Wildman–Crippen MR) is 77.4 cm³/mol. The Kier molecular flexibility index (Phi) is 3.48. The van der Waals surface area contributed by atoms with Crippen molar-refractivity contribution in [1.82, 2.24) is 9.88 Å². The number of amides is 1. The van der Waals surface area contributed by atoms with E-state index >= 15 is 0 Å². The molecule has 0 spiro atoms. The first-order valence-corrected chi connectivity index (χ1v) is 6.67. The zero-order valence-corrected chi connectivity index (χ0v) is 12.0. The third-order valence-corrected chi connectivity index (χ3v) is 3.59. The second-order valence-electron chi connectivity index (χ2n) is 4.81. The number of hydrogen-bond donors (Lipinski definition) is 0. The summed E-state index contributed by atoms with van der Waals surface area (Å²) in [7, 11) is 3.20. The Hall–Kier alpha value is -2.56. The monoisotopic (exact) mass is 284 g/mol. The molecule has 0 fully saturated rings. The number of hydrogen-bond acceptors (Lipinski definition) is 4. The van der Waals surface area contributed by atoms with Gasteiger partial charge in [0.05, 0.1) is 38.6 Å².